The SMILES string of the molecule is C.Cc1cccc(C)c1N=C1SCCSC1=Nc1c(C)cccc1-c1ccccc1.[CH3-].[Ni+2]. The molecule has 1 aliphatic heterocycles. The Morgan fingerprint density at radius 2 is 1.09 bits per heavy atom. The third-order valence-corrected chi connectivity index (χ3v) is 7.25. The largest absolute Gasteiger partial charge is 2.00 e. The Hall–Kier alpha value is -1.81. The fourth-order valence-electron chi connectivity index (χ4n) is 3.40. The van der Waals surface area contributed by atoms with Gasteiger partial charge in [-0.25, -0.2) is 9.98 Å². The predicted molar refractivity (Wildman–Crippen MR) is 145 cm³/mol. The number of benzene rings is 3. The number of hydrogen-bond acceptors (Lipinski definition) is 4. The van der Waals surface area contributed by atoms with Gasteiger partial charge < -0.3 is 7.43 Å². The molecular weight excluding hydrogens is 475 g/mol. The maximum atomic E-state index is 5.16. The smallest absolute Gasteiger partial charge is 0.358 e. The predicted octanol–water partition coefficient (Wildman–Crippen LogP) is 8.60. The van der Waals surface area contributed by atoms with Crippen molar-refractivity contribution in [3.63, 3.8) is 0 Å². The summed E-state index contributed by atoms with van der Waals surface area (Å²) in [5.41, 5.74) is 8.05. The maximum absolute atomic E-state index is 5.16. The molecule has 1 fully saturated rings. The normalized spacial score (nSPS) is 15.5. The standard InChI is InChI=1S/C25H24N2S2.CH4.CH3.Ni/c1-17-9-7-10-18(2)22(17)26-24-25(29-16-15-28-24)27-23-19(3)11-8-14-21(23)20-12-5-4-6-13-20;;;/h4-14H,15-16H2,1-3H3;1H4;1H3;/q;;-1;+2. The molecule has 0 aromatic heterocycles. The van der Waals surface area contributed by atoms with Crippen LogP contribution in [0.4, 0.5) is 11.4 Å². The number of para-hydroxylation sites is 2. The van der Waals surface area contributed by atoms with E-state index < -0.39 is 0 Å². The molecule has 1 heterocycles. The van der Waals surface area contributed by atoms with Crippen LogP contribution in [-0.4, -0.2) is 21.6 Å². The van der Waals surface area contributed by atoms with Crippen LogP contribution in [0.3, 0.4) is 0 Å². The molecule has 4 rings (SSSR count). The number of aryl methyl sites for hydroxylation is 3. The summed E-state index contributed by atoms with van der Waals surface area (Å²) in [5, 5.41) is 2.05. The summed E-state index contributed by atoms with van der Waals surface area (Å²) in [6, 6.07) is 23.2. The van der Waals surface area contributed by atoms with Gasteiger partial charge in [-0.2, -0.15) is 0 Å². The van der Waals surface area contributed by atoms with E-state index in [1.54, 1.807) is 0 Å². The molecule has 3 aromatic carbocycles. The number of aliphatic imine (C=N–C) groups is 2. The van der Waals surface area contributed by atoms with Gasteiger partial charge >= 0.3 is 16.5 Å². The molecule has 32 heavy (non-hydrogen) atoms. The fourth-order valence-corrected chi connectivity index (χ4v) is 5.46. The van der Waals surface area contributed by atoms with Gasteiger partial charge in [0.25, 0.3) is 0 Å². The molecular formula is C27H31N2NiS2+. The molecule has 170 valence electrons. The second-order valence-corrected chi connectivity index (χ2v) is 9.28. The Balaban J connectivity index is 0.00000171. The van der Waals surface area contributed by atoms with Crippen LogP contribution in [0.1, 0.15) is 24.1 Å². The van der Waals surface area contributed by atoms with Crippen LogP contribution >= 0.6 is 23.5 Å². The van der Waals surface area contributed by atoms with E-state index >= 15 is 0 Å². The van der Waals surface area contributed by atoms with Crippen molar-refractivity contribution in [3.8, 4) is 11.1 Å². The number of thioether (sulfide) groups is 2. The van der Waals surface area contributed by atoms with Crippen molar-refractivity contribution < 1.29 is 16.5 Å². The topological polar surface area (TPSA) is 24.7 Å². The molecule has 0 N–H and O–H groups in total. The third-order valence-electron chi connectivity index (χ3n) is 4.93. The molecule has 0 bridgehead atoms. The first kappa shape index (κ1) is 28.2. The van der Waals surface area contributed by atoms with Crippen LogP contribution in [0.15, 0.2) is 76.7 Å². The molecule has 3 aromatic rings. The van der Waals surface area contributed by atoms with E-state index in [-0.39, 0.29) is 31.3 Å². The molecule has 0 radical (unpaired) electrons. The van der Waals surface area contributed by atoms with E-state index in [1.165, 1.54) is 27.8 Å². The first-order valence-electron chi connectivity index (χ1n) is 9.78. The molecule has 1 saturated heterocycles. The van der Waals surface area contributed by atoms with Crippen LogP contribution in [-0.2, 0) is 16.5 Å². The summed E-state index contributed by atoms with van der Waals surface area (Å²) >= 11 is 3.62. The van der Waals surface area contributed by atoms with Gasteiger partial charge in [0.05, 0.1) is 11.4 Å². The monoisotopic (exact) mass is 505 g/mol. The number of nitrogens with zero attached hydrogens (tertiary/aromatic N) is 2. The molecule has 0 unspecified atom stereocenters. The Kier molecular flexibility index (Phi) is 11.5. The Morgan fingerprint density at radius 3 is 1.66 bits per heavy atom. The van der Waals surface area contributed by atoms with Gasteiger partial charge in [0.15, 0.2) is 0 Å². The third kappa shape index (κ3) is 6.37. The van der Waals surface area contributed by atoms with Gasteiger partial charge in [0.1, 0.15) is 10.1 Å². The average molecular weight is 506 g/mol. The Labute approximate surface area is 212 Å². The summed E-state index contributed by atoms with van der Waals surface area (Å²) < 4.78 is 0. The zero-order valence-corrected chi connectivity index (χ0v) is 20.9. The van der Waals surface area contributed by atoms with Gasteiger partial charge in [-0.1, -0.05) is 74.2 Å². The second kappa shape index (κ2) is 13.0. The molecule has 0 amide bonds. The van der Waals surface area contributed by atoms with E-state index in [0.717, 1.165) is 33.0 Å². The van der Waals surface area contributed by atoms with E-state index in [0.29, 0.717) is 0 Å². The molecule has 1 aliphatic rings. The average Bonchev–Trinajstić information content (AvgIpc) is 2.74. The van der Waals surface area contributed by atoms with Crippen LogP contribution in [0.25, 0.3) is 11.1 Å². The minimum Gasteiger partial charge on any atom is -0.358 e. The molecule has 5 heteroatoms. The minimum absolute atomic E-state index is 0. The van der Waals surface area contributed by atoms with E-state index in [1.807, 2.05) is 29.6 Å². The summed E-state index contributed by atoms with van der Waals surface area (Å²) in [5.74, 6) is 2.12. The van der Waals surface area contributed by atoms with Gasteiger partial charge in [0, 0.05) is 17.1 Å². The van der Waals surface area contributed by atoms with Crippen molar-refractivity contribution in [1.29, 1.82) is 0 Å². The Bertz CT molecular complexity index is 1070. The maximum Gasteiger partial charge on any atom is 2.00 e. The van der Waals surface area contributed by atoms with E-state index in [4.69, 9.17) is 9.98 Å². The second-order valence-electron chi connectivity index (χ2n) is 7.11. The van der Waals surface area contributed by atoms with Gasteiger partial charge in [-0.05, 0) is 43.0 Å². The van der Waals surface area contributed by atoms with Crippen molar-refractivity contribution in [2.24, 2.45) is 9.98 Å². The van der Waals surface area contributed by atoms with E-state index in [2.05, 4.69) is 81.4 Å². The van der Waals surface area contributed by atoms with Gasteiger partial charge in [-0.15, -0.1) is 23.5 Å². The summed E-state index contributed by atoms with van der Waals surface area (Å²) in [4.78, 5) is 10.2. The van der Waals surface area contributed by atoms with Gasteiger partial charge in [0.2, 0.25) is 0 Å². The number of rotatable bonds is 3. The molecule has 0 aliphatic carbocycles. The zero-order chi connectivity index (χ0) is 20.2. The summed E-state index contributed by atoms with van der Waals surface area (Å²) in [6.07, 6.45) is 0. The van der Waals surface area contributed by atoms with Crippen molar-refractivity contribution in [2.45, 2.75) is 28.2 Å². The van der Waals surface area contributed by atoms with Crippen LogP contribution in [0.2, 0.25) is 0 Å². The first-order chi connectivity index (χ1) is 14.1. The van der Waals surface area contributed by atoms with Crippen molar-refractivity contribution in [1.82, 2.24) is 0 Å². The Morgan fingerprint density at radius 1 is 0.625 bits per heavy atom. The zero-order valence-electron chi connectivity index (χ0n) is 18.3. The van der Waals surface area contributed by atoms with Crippen LogP contribution < -0.4 is 0 Å². The van der Waals surface area contributed by atoms with Crippen molar-refractivity contribution >= 4 is 45.0 Å². The fraction of sp³-hybridized carbons (Fsp3) is 0.222. The molecule has 0 atom stereocenters. The van der Waals surface area contributed by atoms with Crippen LogP contribution in [0.5, 0.6) is 0 Å². The molecule has 0 spiro atoms. The number of hydrogen-bond donors (Lipinski definition) is 0. The van der Waals surface area contributed by atoms with Crippen LogP contribution in [0, 0.1) is 28.2 Å². The van der Waals surface area contributed by atoms with Gasteiger partial charge in [-0.3, -0.25) is 0 Å². The molecule has 0 saturated carbocycles. The quantitative estimate of drug-likeness (QED) is 0.263. The molecule has 2 nitrogen and oxygen atoms in total. The summed E-state index contributed by atoms with van der Waals surface area (Å²) in [6.45, 7) is 6.38. The summed E-state index contributed by atoms with van der Waals surface area (Å²) in [7, 11) is 0. The van der Waals surface area contributed by atoms with Crippen molar-refractivity contribution in [3.05, 3.63) is 90.8 Å². The van der Waals surface area contributed by atoms with E-state index in [9.17, 15) is 0 Å². The van der Waals surface area contributed by atoms with Crippen molar-refractivity contribution in [2.75, 3.05) is 11.5 Å². The first-order valence-corrected chi connectivity index (χ1v) is 11.7. The minimum atomic E-state index is 0.